The van der Waals surface area contributed by atoms with Gasteiger partial charge in [0.1, 0.15) is 23.3 Å². The van der Waals surface area contributed by atoms with Crippen molar-refractivity contribution in [3.05, 3.63) is 76.5 Å². The van der Waals surface area contributed by atoms with E-state index < -0.39 is 0 Å². The molecule has 2 aromatic carbocycles. The molecule has 38 heavy (non-hydrogen) atoms. The zero-order valence-electron chi connectivity index (χ0n) is 21.3. The fourth-order valence-corrected chi connectivity index (χ4v) is 5.84. The lowest BCUT2D eigenvalue weighted by atomic mass is 10.1. The molecule has 198 valence electrons. The van der Waals surface area contributed by atoms with Crippen LogP contribution in [-0.4, -0.2) is 39.9 Å². The van der Waals surface area contributed by atoms with E-state index in [9.17, 15) is 9.18 Å². The first kappa shape index (κ1) is 25.9. The van der Waals surface area contributed by atoms with Crippen molar-refractivity contribution >= 4 is 44.7 Å². The zero-order chi connectivity index (χ0) is 26.5. The van der Waals surface area contributed by atoms with Crippen molar-refractivity contribution in [2.45, 2.75) is 45.6 Å². The van der Waals surface area contributed by atoms with Crippen LogP contribution in [0.25, 0.3) is 10.9 Å². The summed E-state index contributed by atoms with van der Waals surface area (Å²) in [4.78, 5) is 18.3. The number of amidine groups is 1. The summed E-state index contributed by atoms with van der Waals surface area (Å²) in [6.45, 7) is 4.12. The van der Waals surface area contributed by atoms with Crippen LogP contribution in [0.4, 0.5) is 15.1 Å². The minimum Gasteiger partial charge on any atom is -0.343 e. The largest absolute Gasteiger partial charge is 0.343 e. The molecule has 0 bridgehead atoms. The molecule has 4 aromatic rings. The van der Waals surface area contributed by atoms with E-state index in [1.54, 1.807) is 22.9 Å². The van der Waals surface area contributed by atoms with Crippen LogP contribution in [0.5, 0.6) is 0 Å². The van der Waals surface area contributed by atoms with Gasteiger partial charge >= 0.3 is 0 Å². The zero-order valence-corrected chi connectivity index (χ0v) is 22.1. The first-order valence-electron chi connectivity index (χ1n) is 12.8. The SMILES string of the molecule is Cc1csc2c1C(Nc1ccc3c(cnn3Cc3cccc(F)c3)c1)=NCN2CCCCCCC(=O)NO. The number of rotatable bonds is 10. The summed E-state index contributed by atoms with van der Waals surface area (Å²) in [7, 11) is 0. The molecule has 1 aliphatic heterocycles. The van der Waals surface area contributed by atoms with Crippen LogP contribution in [0, 0.1) is 12.7 Å². The monoisotopic (exact) mass is 534 g/mol. The van der Waals surface area contributed by atoms with E-state index >= 15 is 0 Å². The maximum absolute atomic E-state index is 13.6. The predicted molar refractivity (Wildman–Crippen MR) is 150 cm³/mol. The van der Waals surface area contributed by atoms with E-state index in [0.717, 1.165) is 65.8 Å². The molecule has 10 heteroatoms. The number of fused-ring (bicyclic) bond motifs is 2. The molecular weight excluding hydrogens is 503 g/mol. The highest BCUT2D eigenvalue weighted by molar-refractivity contribution is 7.14. The first-order valence-corrected chi connectivity index (χ1v) is 13.7. The highest BCUT2D eigenvalue weighted by atomic mass is 32.1. The average molecular weight is 535 g/mol. The van der Waals surface area contributed by atoms with Crippen molar-refractivity contribution in [2.24, 2.45) is 4.99 Å². The van der Waals surface area contributed by atoms with Gasteiger partial charge < -0.3 is 10.2 Å². The number of carbonyl (C=O) groups excluding carboxylic acids is 1. The molecule has 0 spiro atoms. The average Bonchev–Trinajstić information content (AvgIpc) is 3.50. The van der Waals surface area contributed by atoms with E-state index in [-0.39, 0.29) is 11.7 Å². The van der Waals surface area contributed by atoms with Gasteiger partial charge in [-0.25, -0.2) is 14.9 Å². The number of hydrogen-bond acceptors (Lipinski definition) is 7. The molecule has 0 aliphatic carbocycles. The summed E-state index contributed by atoms with van der Waals surface area (Å²) < 4.78 is 15.5. The van der Waals surface area contributed by atoms with Crippen molar-refractivity contribution in [3.8, 4) is 0 Å². The number of nitrogens with one attached hydrogen (secondary N) is 2. The summed E-state index contributed by atoms with van der Waals surface area (Å²) in [5.74, 6) is 0.299. The Kier molecular flexibility index (Phi) is 8.00. The molecule has 0 saturated carbocycles. The number of hydroxylamine groups is 1. The highest BCUT2D eigenvalue weighted by Gasteiger charge is 2.24. The number of aryl methyl sites for hydroxylation is 1. The third-order valence-electron chi connectivity index (χ3n) is 6.71. The highest BCUT2D eigenvalue weighted by Crippen LogP contribution is 2.35. The van der Waals surface area contributed by atoms with Gasteiger partial charge in [0.25, 0.3) is 0 Å². The summed E-state index contributed by atoms with van der Waals surface area (Å²) in [5, 5.41) is 21.0. The minimum absolute atomic E-state index is 0.245. The molecule has 0 saturated heterocycles. The molecule has 0 fully saturated rings. The van der Waals surface area contributed by atoms with Crippen LogP contribution in [0.2, 0.25) is 0 Å². The summed E-state index contributed by atoms with van der Waals surface area (Å²) >= 11 is 1.74. The molecule has 0 atom stereocenters. The third kappa shape index (κ3) is 5.87. The van der Waals surface area contributed by atoms with Crippen LogP contribution in [0.1, 0.15) is 48.8 Å². The maximum atomic E-state index is 13.6. The summed E-state index contributed by atoms with van der Waals surface area (Å²) in [5.41, 5.74) is 6.81. The number of unbranched alkanes of at least 4 members (excludes halogenated alkanes) is 3. The van der Waals surface area contributed by atoms with Gasteiger partial charge in [-0.05, 0) is 66.6 Å². The number of amides is 1. The standard InChI is InChI=1S/C28H31FN6O2S/c1-19-17-38-28-26(19)27(30-18-34(28)12-5-3-2-4-9-25(36)33-37)32-23-10-11-24-21(14-23)15-31-35(24)16-20-7-6-8-22(29)13-20/h6-8,10-11,13-15,17,37H,2-5,9,12,16,18H2,1H3,(H,30,32)(H,33,36). The van der Waals surface area contributed by atoms with Crippen LogP contribution >= 0.6 is 11.3 Å². The first-order chi connectivity index (χ1) is 18.5. The van der Waals surface area contributed by atoms with Gasteiger partial charge in [0.05, 0.1) is 23.8 Å². The van der Waals surface area contributed by atoms with Gasteiger partial charge in [-0.15, -0.1) is 11.3 Å². The lowest BCUT2D eigenvalue weighted by Gasteiger charge is -2.28. The van der Waals surface area contributed by atoms with Gasteiger partial charge in [-0.1, -0.05) is 25.0 Å². The Morgan fingerprint density at radius 3 is 2.87 bits per heavy atom. The van der Waals surface area contributed by atoms with E-state index in [1.807, 2.05) is 29.1 Å². The number of hydrogen-bond donors (Lipinski definition) is 3. The number of aliphatic imine (C=N–C) groups is 1. The van der Waals surface area contributed by atoms with Gasteiger partial charge in [-0.2, -0.15) is 5.10 Å². The number of thiophene rings is 1. The lowest BCUT2D eigenvalue weighted by Crippen LogP contribution is -2.32. The minimum atomic E-state index is -0.328. The second-order valence-corrected chi connectivity index (χ2v) is 10.4. The number of aromatic nitrogens is 2. The van der Waals surface area contributed by atoms with Crippen molar-refractivity contribution in [2.75, 3.05) is 23.4 Å². The fourth-order valence-electron chi connectivity index (χ4n) is 4.76. The van der Waals surface area contributed by atoms with Crippen LogP contribution in [-0.2, 0) is 11.3 Å². The van der Waals surface area contributed by atoms with E-state index in [2.05, 4.69) is 33.7 Å². The van der Waals surface area contributed by atoms with Gasteiger partial charge in [-0.3, -0.25) is 14.7 Å². The van der Waals surface area contributed by atoms with Crippen molar-refractivity contribution in [1.82, 2.24) is 15.3 Å². The molecule has 2 aromatic heterocycles. The topological polar surface area (TPSA) is 94.8 Å². The Morgan fingerprint density at radius 2 is 2.03 bits per heavy atom. The normalized spacial score (nSPS) is 12.9. The quantitative estimate of drug-likeness (QED) is 0.138. The maximum Gasteiger partial charge on any atom is 0.243 e. The summed E-state index contributed by atoms with van der Waals surface area (Å²) in [6.07, 6.45) is 5.96. The molecule has 5 rings (SSSR count). The van der Waals surface area contributed by atoms with E-state index in [4.69, 9.17) is 10.2 Å². The Labute approximate surface area is 224 Å². The second kappa shape index (κ2) is 11.7. The van der Waals surface area contributed by atoms with Crippen molar-refractivity contribution in [3.63, 3.8) is 0 Å². The Balaban J connectivity index is 1.23. The lowest BCUT2D eigenvalue weighted by molar-refractivity contribution is -0.129. The molecule has 1 aliphatic rings. The van der Waals surface area contributed by atoms with Crippen molar-refractivity contribution < 1.29 is 14.4 Å². The third-order valence-corrected chi connectivity index (χ3v) is 7.87. The smallest absolute Gasteiger partial charge is 0.243 e. The molecule has 1 amide bonds. The van der Waals surface area contributed by atoms with E-state index in [0.29, 0.717) is 19.6 Å². The predicted octanol–water partition coefficient (Wildman–Crippen LogP) is 5.69. The number of halogens is 1. The van der Waals surface area contributed by atoms with Gasteiger partial charge in [0, 0.05) is 24.0 Å². The molecule has 3 heterocycles. The fraction of sp³-hybridized carbons (Fsp3) is 0.321. The number of benzene rings is 2. The van der Waals surface area contributed by atoms with E-state index in [1.165, 1.54) is 22.7 Å². The van der Waals surface area contributed by atoms with Crippen LogP contribution in [0.3, 0.4) is 0 Å². The Morgan fingerprint density at radius 1 is 1.16 bits per heavy atom. The number of nitrogens with zero attached hydrogens (tertiary/aromatic N) is 4. The molecule has 0 radical (unpaired) electrons. The Hall–Kier alpha value is -3.76. The second-order valence-electron chi connectivity index (χ2n) is 9.54. The molecular formula is C28H31FN6O2S. The van der Waals surface area contributed by atoms with Crippen molar-refractivity contribution in [1.29, 1.82) is 0 Å². The number of anilines is 2. The van der Waals surface area contributed by atoms with Crippen LogP contribution < -0.4 is 15.7 Å². The molecule has 3 N–H and O–H groups in total. The number of carbonyl (C=O) groups is 1. The Bertz CT molecular complexity index is 1460. The van der Waals surface area contributed by atoms with Gasteiger partial charge in [0.2, 0.25) is 5.91 Å². The summed E-state index contributed by atoms with van der Waals surface area (Å²) in [6, 6.07) is 12.7. The van der Waals surface area contributed by atoms with Gasteiger partial charge in [0.15, 0.2) is 0 Å². The molecule has 0 unspecified atom stereocenters. The van der Waals surface area contributed by atoms with Crippen LogP contribution in [0.15, 0.2) is 59.0 Å². The molecule has 8 nitrogen and oxygen atoms in total.